The number of carboxylic acids is 1. The Morgan fingerprint density at radius 1 is 1.33 bits per heavy atom. The van der Waals surface area contributed by atoms with Gasteiger partial charge in [0.05, 0.1) is 11.4 Å². The third kappa shape index (κ3) is 1.68. The van der Waals surface area contributed by atoms with Crippen molar-refractivity contribution in [2.75, 3.05) is 7.05 Å². The third-order valence-corrected chi connectivity index (χ3v) is 2.39. The molecule has 4 N–H and O–H groups in total. The number of fused-ring (bicyclic) bond motifs is 1. The summed E-state index contributed by atoms with van der Waals surface area (Å²) in [5.41, 5.74) is 1.94. The van der Waals surface area contributed by atoms with E-state index >= 15 is 0 Å². The summed E-state index contributed by atoms with van der Waals surface area (Å²) in [4.78, 5) is 11.0. The van der Waals surface area contributed by atoms with Crippen molar-refractivity contribution in [3.05, 3.63) is 35.1 Å². The average Bonchev–Trinajstić information content (AvgIpc) is 2.27. The lowest BCUT2D eigenvalue weighted by Crippen LogP contribution is -2.40. The van der Waals surface area contributed by atoms with Crippen molar-refractivity contribution in [3.63, 3.8) is 0 Å². The summed E-state index contributed by atoms with van der Waals surface area (Å²) in [6.07, 6.45) is 5.97. The minimum atomic E-state index is -0.975. The van der Waals surface area contributed by atoms with Crippen LogP contribution in [0.25, 0.3) is 0 Å². The Kier molecular flexibility index (Phi) is 2.37. The molecule has 1 heterocycles. The van der Waals surface area contributed by atoms with Gasteiger partial charge in [-0.05, 0) is 12.8 Å². The highest BCUT2D eigenvalue weighted by molar-refractivity contribution is 5.88. The van der Waals surface area contributed by atoms with Crippen molar-refractivity contribution in [1.82, 2.24) is 16.0 Å². The predicted molar refractivity (Wildman–Crippen MR) is 55.4 cm³/mol. The minimum absolute atomic E-state index is 0.155. The molecule has 0 aromatic rings. The Hall–Kier alpha value is -1.91. The van der Waals surface area contributed by atoms with Gasteiger partial charge in [-0.25, -0.2) is 4.79 Å². The molecule has 1 aliphatic heterocycles. The lowest BCUT2D eigenvalue weighted by Gasteiger charge is -2.27. The first-order chi connectivity index (χ1) is 7.22. The molecule has 0 spiro atoms. The van der Waals surface area contributed by atoms with Gasteiger partial charge in [-0.15, -0.1) is 0 Å². The Morgan fingerprint density at radius 2 is 1.93 bits per heavy atom. The van der Waals surface area contributed by atoms with E-state index in [4.69, 9.17) is 5.11 Å². The third-order valence-electron chi connectivity index (χ3n) is 2.39. The fourth-order valence-electron chi connectivity index (χ4n) is 1.65. The number of nitrogens with one attached hydrogen (secondary N) is 3. The zero-order valence-corrected chi connectivity index (χ0v) is 8.42. The summed E-state index contributed by atoms with van der Waals surface area (Å²) >= 11 is 0. The molecule has 0 aromatic carbocycles. The van der Waals surface area contributed by atoms with Gasteiger partial charge in [0.1, 0.15) is 5.82 Å². The summed E-state index contributed by atoms with van der Waals surface area (Å²) in [7, 11) is 1.69. The summed E-state index contributed by atoms with van der Waals surface area (Å²) in [5, 5.41) is 17.8. The van der Waals surface area contributed by atoms with Gasteiger partial charge in [0.15, 0.2) is 5.70 Å². The summed E-state index contributed by atoms with van der Waals surface area (Å²) < 4.78 is 0. The normalized spacial score (nSPS) is 19.3. The largest absolute Gasteiger partial charge is 0.476 e. The van der Waals surface area contributed by atoms with Crippen LogP contribution in [0, 0.1) is 0 Å². The van der Waals surface area contributed by atoms with Gasteiger partial charge in [-0.2, -0.15) is 0 Å². The quantitative estimate of drug-likeness (QED) is 0.521. The molecule has 0 radical (unpaired) electrons. The van der Waals surface area contributed by atoms with E-state index in [2.05, 4.69) is 22.0 Å². The van der Waals surface area contributed by atoms with Gasteiger partial charge in [0, 0.05) is 7.05 Å². The van der Waals surface area contributed by atoms with Crippen molar-refractivity contribution >= 4 is 5.97 Å². The van der Waals surface area contributed by atoms with Gasteiger partial charge in [0.2, 0.25) is 0 Å². The van der Waals surface area contributed by atoms with Crippen molar-refractivity contribution in [3.8, 4) is 0 Å². The van der Waals surface area contributed by atoms with Crippen LogP contribution in [0.15, 0.2) is 35.1 Å². The van der Waals surface area contributed by atoms with Crippen LogP contribution in [0.1, 0.15) is 12.8 Å². The Morgan fingerprint density at radius 3 is 2.47 bits per heavy atom. The lowest BCUT2D eigenvalue weighted by molar-refractivity contribution is -0.133. The zero-order valence-electron chi connectivity index (χ0n) is 8.42. The standard InChI is InChI=1S/C10H13N3O2/c1-11-9-8(10(14)15)12-6-4-2-3-5-7(6)13-9/h4-5,11-13H,2-3H2,1H3,(H,14,15). The maximum absolute atomic E-state index is 11.0. The maximum atomic E-state index is 11.0. The van der Waals surface area contributed by atoms with Gasteiger partial charge in [0.25, 0.3) is 0 Å². The number of rotatable bonds is 2. The fourth-order valence-corrected chi connectivity index (χ4v) is 1.65. The Bertz CT molecular complexity index is 393. The van der Waals surface area contributed by atoms with Crippen LogP contribution in [0.2, 0.25) is 0 Å². The minimum Gasteiger partial charge on any atom is -0.476 e. The van der Waals surface area contributed by atoms with E-state index in [0.717, 1.165) is 24.2 Å². The summed E-state index contributed by atoms with van der Waals surface area (Å²) in [6.45, 7) is 0. The van der Waals surface area contributed by atoms with Crippen molar-refractivity contribution in [1.29, 1.82) is 0 Å². The molecule has 0 unspecified atom stereocenters. The molecule has 5 heteroatoms. The first-order valence-corrected chi connectivity index (χ1v) is 4.82. The van der Waals surface area contributed by atoms with E-state index in [1.54, 1.807) is 7.05 Å². The van der Waals surface area contributed by atoms with Gasteiger partial charge in [-0.1, -0.05) is 12.2 Å². The SMILES string of the molecule is CNC1=C(C(=O)O)NC2=CCCC=C2N1. The van der Waals surface area contributed by atoms with Crippen LogP contribution in [-0.4, -0.2) is 18.1 Å². The lowest BCUT2D eigenvalue weighted by atomic mass is 10.1. The van der Waals surface area contributed by atoms with Crippen LogP contribution in [0.5, 0.6) is 0 Å². The highest BCUT2D eigenvalue weighted by Gasteiger charge is 2.23. The van der Waals surface area contributed by atoms with Crippen LogP contribution < -0.4 is 16.0 Å². The van der Waals surface area contributed by atoms with Gasteiger partial charge >= 0.3 is 5.97 Å². The van der Waals surface area contributed by atoms with E-state index in [0.29, 0.717) is 5.82 Å². The highest BCUT2D eigenvalue weighted by Crippen LogP contribution is 2.20. The second kappa shape index (κ2) is 3.68. The van der Waals surface area contributed by atoms with Crippen molar-refractivity contribution in [2.24, 2.45) is 0 Å². The smallest absolute Gasteiger partial charge is 0.356 e. The molecular weight excluding hydrogens is 194 g/mol. The molecule has 0 atom stereocenters. The Labute approximate surface area is 87.5 Å². The van der Waals surface area contributed by atoms with Gasteiger partial charge in [-0.3, -0.25) is 0 Å². The second-order valence-corrected chi connectivity index (χ2v) is 3.37. The van der Waals surface area contributed by atoms with Crippen LogP contribution in [0.4, 0.5) is 0 Å². The van der Waals surface area contributed by atoms with E-state index < -0.39 is 5.97 Å². The molecule has 0 saturated heterocycles. The first kappa shape index (κ1) is 9.64. The number of hydrogen-bond acceptors (Lipinski definition) is 4. The Balaban J connectivity index is 2.37. The molecule has 15 heavy (non-hydrogen) atoms. The predicted octanol–water partition coefficient (Wildman–Crippen LogP) is 0.214. The maximum Gasteiger partial charge on any atom is 0.356 e. The molecule has 5 nitrogen and oxygen atoms in total. The number of carboxylic acid groups (broad SMARTS) is 1. The van der Waals surface area contributed by atoms with Crippen LogP contribution in [-0.2, 0) is 4.79 Å². The van der Waals surface area contributed by atoms with Crippen LogP contribution in [0.3, 0.4) is 0 Å². The molecular formula is C10H13N3O2. The topological polar surface area (TPSA) is 73.4 Å². The van der Waals surface area contributed by atoms with E-state index in [1.807, 2.05) is 6.08 Å². The van der Waals surface area contributed by atoms with Crippen molar-refractivity contribution in [2.45, 2.75) is 12.8 Å². The summed E-state index contributed by atoms with van der Waals surface area (Å²) in [6, 6.07) is 0. The van der Waals surface area contributed by atoms with E-state index in [1.165, 1.54) is 0 Å². The summed E-state index contributed by atoms with van der Waals surface area (Å²) in [5.74, 6) is -0.481. The monoisotopic (exact) mass is 207 g/mol. The van der Waals surface area contributed by atoms with Crippen LogP contribution >= 0.6 is 0 Å². The molecule has 0 bridgehead atoms. The van der Waals surface area contributed by atoms with Crippen molar-refractivity contribution < 1.29 is 9.90 Å². The van der Waals surface area contributed by atoms with Gasteiger partial charge < -0.3 is 21.1 Å². The number of carbonyl (C=O) groups is 1. The molecule has 0 amide bonds. The molecule has 0 saturated carbocycles. The van der Waals surface area contributed by atoms with E-state index in [9.17, 15) is 4.79 Å². The highest BCUT2D eigenvalue weighted by atomic mass is 16.4. The fraction of sp³-hybridized carbons (Fsp3) is 0.300. The van der Waals surface area contributed by atoms with E-state index in [-0.39, 0.29) is 5.70 Å². The average molecular weight is 207 g/mol. The number of hydrogen-bond donors (Lipinski definition) is 4. The molecule has 2 rings (SSSR count). The zero-order chi connectivity index (χ0) is 10.8. The molecule has 1 aliphatic carbocycles. The molecule has 80 valence electrons. The molecule has 0 fully saturated rings. The molecule has 2 aliphatic rings. The molecule has 0 aromatic heterocycles. The second-order valence-electron chi connectivity index (χ2n) is 3.37. The first-order valence-electron chi connectivity index (χ1n) is 4.82. The number of allylic oxidation sites excluding steroid dienone is 2. The number of aliphatic carboxylic acids is 1.